The number of hydrogen-bond acceptors (Lipinski definition) is 3. The summed E-state index contributed by atoms with van der Waals surface area (Å²) in [5, 5.41) is 0.734. The number of halogens is 1. The van der Waals surface area contributed by atoms with Gasteiger partial charge in [-0.3, -0.25) is 4.79 Å². The Bertz CT molecular complexity index is 325. The van der Waals surface area contributed by atoms with Gasteiger partial charge >= 0.3 is 5.97 Å². The van der Waals surface area contributed by atoms with Gasteiger partial charge < -0.3 is 10.5 Å². The molecule has 0 spiro atoms. The number of carbonyl (C=O) groups is 1. The molecule has 0 amide bonds. The average Bonchev–Trinajstić information content (AvgIpc) is 2.08. The number of alkyl halides is 1. The molecule has 0 unspecified atom stereocenters. The van der Waals surface area contributed by atoms with Crippen molar-refractivity contribution in [1.29, 1.82) is 0 Å². The number of esters is 1. The van der Waals surface area contributed by atoms with E-state index in [0.29, 0.717) is 11.4 Å². The second kappa shape index (κ2) is 4.28. The van der Waals surface area contributed by atoms with Gasteiger partial charge in [-0.15, -0.1) is 0 Å². The molecule has 4 heteroatoms. The molecular weight excluding hydrogens is 234 g/mol. The van der Waals surface area contributed by atoms with Crippen LogP contribution >= 0.6 is 15.9 Å². The first-order valence-electron chi connectivity index (χ1n) is 3.76. The standard InChI is InChI=1S/C9H10BrNO2/c1-6(12)13-9-3-2-7(5-10)4-8(9)11/h2-4H,5,11H2,1H3. The number of hydrogen-bond donors (Lipinski definition) is 1. The summed E-state index contributed by atoms with van der Waals surface area (Å²) in [6, 6.07) is 5.31. The van der Waals surface area contributed by atoms with Gasteiger partial charge in [0.25, 0.3) is 0 Å². The largest absolute Gasteiger partial charge is 0.425 e. The van der Waals surface area contributed by atoms with E-state index in [1.54, 1.807) is 12.1 Å². The van der Waals surface area contributed by atoms with Gasteiger partial charge in [-0.2, -0.15) is 0 Å². The highest BCUT2D eigenvalue weighted by atomic mass is 79.9. The van der Waals surface area contributed by atoms with Crippen LogP contribution in [0.5, 0.6) is 5.75 Å². The van der Waals surface area contributed by atoms with E-state index in [2.05, 4.69) is 15.9 Å². The predicted octanol–water partition coefficient (Wildman–Crippen LogP) is 2.09. The van der Waals surface area contributed by atoms with Crippen molar-refractivity contribution < 1.29 is 9.53 Å². The van der Waals surface area contributed by atoms with Crippen LogP contribution in [0, 0.1) is 0 Å². The summed E-state index contributed by atoms with van der Waals surface area (Å²) in [7, 11) is 0. The van der Waals surface area contributed by atoms with Crippen LogP contribution in [0.3, 0.4) is 0 Å². The summed E-state index contributed by atoms with van der Waals surface area (Å²) < 4.78 is 4.87. The Labute approximate surface area is 85.0 Å². The van der Waals surface area contributed by atoms with Crippen molar-refractivity contribution in [2.24, 2.45) is 0 Å². The Balaban J connectivity index is 2.91. The Kier molecular flexibility index (Phi) is 3.31. The van der Waals surface area contributed by atoms with E-state index in [-0.39, 0.29) is 5.97 Å². The third-order valence-corrected chi connectivity index (χ3v) is 2.13. The fourth-order valence-corrected chi connectivity index (χ4v) is 1.28. The maximum atomic E-state index is 10.6. The number of benzene rings is 1. The molecule has 1 aromatic rings. The lowest BCUT2D eigenvalue weighted by atomic mass is 10.2. The molecule has 0 fully saturated rings. The van der Waals surface area contributed by atoms with E-state index in [4.69, 9.17) is 10.5 Å². The van der Waals surface area contributed by atoms with Crippen LogP contribution in [0.1, 0.15) is 12.5 Å². The third-order valence-electron chi connectivity index (χ3n) is 1.48. The predicted molar refractivity (Wildman–Crippen MR) is 54.8 cm³/mol. The van der Waals surface area contributed by atoms with Crippen molar-refractivity contribution in [3.63, 3.8) is 0 Å². The fraction of sp³-hybridized carbons (Fsp3) is 0.222. The zero-order valence-corrected chi connectivity index (χ0v) is 8.80. The maximum Gasteiger partial charge on any atom is 0.308 e. The first-order chi connectivity index (χ1) is 6.13. The third kappa shape index (κ3) is 2.73. The number of ether oxygens (including phenoxy) is 1. The van der Waals surface area contributed by atoms with Crippen LogP contribution in [0.2, 0.25) is 0 Å². The van der Waals surface area contributed by atoms with E-state index >= 15 is 0 Å². The normalized spacial score (nSPS) is 9.69. The van der Waals surface area contributed by atoms with Gasteiger partial charge in [-0.1, -0.05) is 22.0 Å². The first kappa shape index (κ1) is 10.1. The van der Waals surface area contributed by atoms with Gasteiger partial charge in [0.1, 0.15) is 0 Å². The number of nitrogen functional groups attached to an aromatic ring is 1. The molecule has 0 aliphatic carbocycles. The molecule has 0 radical (unpaired) electrons. The van der Waals surface area contributed by atoms with E-state index in [9.17, 15) is 4.79 Å². The lowest BCUT2D eigenvalue weighted by molar-refractivity contribution is -0.131. The maximum absolute atomic E-state index is 10.6. The Morgan fingerprint density at radius 2 is 2.31 bits per heavy atom. The Morgan fingerprint density at radius 1 is 1.62 bits per heavy atom. The minimum Gasteiger partial charge on any atom is -0.425 e. The highest BCUT2D eigenvalue weighted by molar-refractivity contribution is 9.08. The van der Waals surface area contributed by atoms with Crippen LogP contribution in [0.15, 0.2) is 18.2 Å². The summed E-state index contributed by atoms with van der Waals surface area (Å²) in [6.07, 6.45) is 0. The summed E-state index contributed by atoms with van der Waals surface area (Å²) in [5.41, 5.74) is 7.18. The zero-order valence-electron chi connectivity index (χ0n) is 7.21. The Morgan fingerprint density at radius 3 is 2.77 bits per heavy atom. The molecule has 0 atom stereocenters. The van der Waals surface area contributed by atoms with Crippen molar-refractivity contribution in [2.45, 2.75) is 12.3 Å². The monoisotopic (exact) mass is 243 g/mol. The van der Waals surface area contributed by atoms with Crippen molar-refractivity contribution in [1.82, 2.24) is 0 Å². The summed E-state index contributed by atoms with van der Waals surface area (Å²) in [4.78, 5) is 10.6. The van der Waals surface area contributed by atoms with Gasteiger partial charge in [0.15, 0.2) is 5.75 Å². The van der Waals surface area contributed by atoms with E-state index in [1.165, 1.54) is 6.92 Å². The molecule has 0 aliphatic heterocycles. The van der Waals surface area contributed by atoms with Crippen LogP contribution in [0.4, 0.5) is 5.69 Å². The lowest BCUT2D eigenvalue weighted by Crippen LogP contribution is -2.04. The minimum absolute atomic E-state index is 0.363. The molecule has 3 nitrogen and oxygen atoms in total. The van der Waals surface area contributed by atoms with Gasteiger partial charge in [0, 0.05) is 12.3 Å². The van der Waals surface area contributed by atoms with Gasteiger partial charge in [0.2, 0.25) is 0 Å². The second-order valence-corrected chi connectivity index (χ2v) is 3.16. The van der Waals surface area contributed by atoms with Crippen LogP contribution in [-0.2, 0) is 10.1 Å². The zero-order chi connectivity index (χ0) is 9.84. The van der Waals surface area contributed by atoms with Gasteiger partial charge in [-0.05, 0) is 17.7 Å². The van der Waals surface area contributed by atoms with Crippen molar-refractivity contribution >= 4 is 27.6 Å². The molecule has 0 heterocycles. The van der Waals surface area contributed by atoms with Gasteiger partial charge in [-0.25, -0.2) is 0 Å². The van der Waals surface area contributed by atoms with Crippen LogP contribution < -0.4 is 10.5 Å². The smallest absolute Gasteiger partial charge is 0.308 e. The number of rotatable bonds is 2. The number of anilines is 1. The van der Waals surface area contributed by atoms with Crippen molar-refractivity contribution in [3.8, 4) is 5.75 Å². The molecule has 0 aliphatic rings. The second-order valence-electron chi connectivity index (χ2n) is 2.60. The summed E-state index contributed by atoms with van der Waals surface area (Å²) in [6.45, 7) is 1.35. The molecular formula is C9H10BrNO2. The van der Waals surface area contributed by atoms with Crippen molar-refractivity contribution in [3.05, 3.63) is 23.8 Å². The van der Waals surface area contributed by atoms with E-state index in [1.807, 2.05) is 6.07 Å². The number of nitrogens with two attached hydrogens (primary N) is 1. The van der Waals surface area contributed by atoms with E-state index < -0.39 is 0 Å². The highest BCUT2D eigenvalue weighted by Gasteiger charge is 2.03. The molecule has 70 valence electrons. The molecule has 0 saturated heterocycles. The molecule has 0 aromatic heterocycles. The minimum atomic E-state index is -0.363. The highest BCUT2D eigenvalue weighted by Crippen LogP contribution is 2.23. The lowest BCUT2D eigenvalue weighted by Gasteiger charge is -2.05. The number of carbonyl (C=O) groups excluding carboxylic acids is 1. The topological polar surface area (TPSA) is 52.3 Å². The van der Waals surface area contributed by atoms with Crippen LogP contribution in [-0.4, -0.2) is 5.97 Å². The molecule has 0 saturated carbocycles. The average molecular weight is 244 g/mol. The van der Waals surface area contributed by atoms with Crippen LogP contribution in [0.25, 0.3) is 0 Å². The molecule has 2 N–H and O–H groups in total. The molecule has 1 aromatic carbocycles. The van der Waals surface area contributed by atoms with E-state index in [0.717, 1.165) is 10.9 Å². The molecule has 13 heavy (non-hydrogen) atoms. The molecule has 0 bridgehead atoms. The van der Waals surface area contributed by atoms with Crippen molar-refractivity contribution in [2.75, 3.05) is 5.73 Å². The summed E-state index contributed by atoms with van der Waals surface area (Å²) in [5.74, 6) is 0.0514. The Hall–Kier alpha value is -1.03. The quantitative estimate of drug-likeness (QED) is 0.375. The SMILES string of the molecule is CC(=O)Oc1ccc(CBr)cc1N. The summed E-state index contributed by atoms with van der Waals surface area (Å²) >= 11 is 3.30. The molecule has 1 rings (SSSR count). The van der Waals surface area contributed by atoms with Gasteiger partial charge in [0.05, 0.1) is 5.69 Å². The fourth-order valence-electron chi connectivity index (χ4n) is 0.929. The first-order valence-corrected chi connectivity index (χ1v) is 4.88.